The van der Waals surface area contributed by atoms with E-state index in [-0.39, 0.29) is 19.9 Å². The largest absolute Gasteiger partial charge is 0.288 e. The van der Waals surface area contributed by atoms with Gasteiger partial charge in [-0.2, -0.15) is 0 Å². The average Bonchev–Trinajstić information content (AvgIpc) is 2.61. The summed E-state index contributed by atoms with van der Waals surface area (Å²) in [7, 11) is 0. The number of carbonyl (C=O) groups excluding carboxylic acids is 1. The van der Waals surface area contributed by atoms with Gasteiger partial charge in [-0.15, -0.1) is 11.3 Å². The molecule has 0 aliphatic rings. The lowest BCUT2D eigenvalue weighted by molar-refractivity contribution is 0.103. The number of hydrogen-bond donors (Lipinski definition) is 0. The van der Waals surface area contributed by atoms with Crippen molar-refractivity contribution in [3.63, 3.8) is 0 Å². The molecule has 1 heterocycles. The van der Waals surface area contributed by atoms with Crippen LogP contribution in [0.1, 0.15) is 15.9 Å². The van der Waals surface area contributed by atoms with Gasteiger partial charge in [0.1, 0.15) is 10.2 Å². The van der Waals surface area contributed by atoms with Crippen LogP contribution in [0.25, 0.3) is 0 Å². The average molecular weight is 354 g/mol. The number of carbonyl (C=O) groups is 1. The third kappa shape index (κ3) is 2.55. The molecule has 2 aromatic rings. The number of hydrogen-bond acceptors (Lipinski definition) is 2. The molecule has 1 aromatic carbocycles. The Kier molecular flexibility index (Phi) is 3.88. The van der Waals surface area contributed by atoms with Gasteiger partial charge in [0.15, 0.2) is 5.78 Å². The van der Waals surface area contributed by atoms with Gasteiger partial charge in [0, 0.05) is 0 Å². The van der Waals surface area contributed by atoms with Gasteiger partial charge in [-0.05, 0) is 34.1 Å². The smallest absolute Gasteiger partial charge is 0.198 e. The summed E-state index contributed by atoms with van der Waals surface area (Å²) < 4.78 is 14.6. The van der Waals surface area contributed by atoms with Crippen LogP contribution < -0.4 is 0 Å². The molecule has 0 unspecified atom stereocenters. The predicted molar refractivity (Wildman–Crippen MR) is 71.9 cm³/mol. The fourth-order valence-electron chi connectivity index (χ4n) is 1.32. The highest BCUT2D eigenvalue weighted by atomic mass is 79.9. The minimum atomic E-state index is -0.601. The van der Waals surface area contributed by atoms with Crippen LogP contribution in [0, 0.1) is 5.82 Å². The summed E-state index contributed by atoms with van der Waals surface area (Å²) in [5.41, 5.74) is 0.189. The number of rotatable bonds is 2. The molecule has 88 valence electrons. The van der Waals surface area contributed by atoms with Gasteiger partial charge in [-0.3, -0.25) is 4.79 Å². The van der Waals surface area contributed by atoms with Gasteiger partial charge in [-0.1, -0.05) is 29.3 Å². The molecule has 0 radical (unpaired) electrons. The van der Waals surface area contributed by atoms with E-state index in [9.17, 15) is 9.18 Å². The number of ketones is 1. The van der Waals surface area contributed by atoms with Crippen LogP contribution in [-0.4, -0.2) is 5.78 Å². The molecule has 0 atom stereocenters. The molecule has 1 nitrogen and oxygen atoms in total. The SMILES string of the molecule is O=C(c1cc(Cl)sc1Cl)c1cccc(Br)c1F. The van der Waals surface area contributed by atoms with E-state index in [2.05, 4.69) is 15.9 Å². The van der Waals surface area contributed by atoms with Crippen molar-refractivity contribution >= 4 is 56.3 Å². The van der Waals surface area contributed by atoms with Gasteiger partial charge in [0.05, 0.1) is 19.9 Å². The van der Waals surface area contributed by atoms with Crippen LogP contribution in [-0.2, 0) is 0 Å². The van der Waals surface area contributed by atoms with E-state index < -0.39 is 11.6 Å². The van der Waals surface area contributed by atoms with Gasteiger partial charge in [-0.25, -0.2) is 4.39 Å². The first-order valence-corrected chi connectivity index (χ1v) is 6.81. The minimum Gasteiger partial charge on any atom is -0.288 e. The molecular weight excluding hydrogens is 350 g/mol. The Labute approximate surface area is 119 Å². The van der Waals surface area contributed by atoms with Crippen molar-refractivity contribution in [2.24, 2.45) is 0 Å². The molecule has 0 fully saturated rings. The second-order valence-corrected chi connectivity index (χ2v) is 6.31. The van der Waals surface area contributed by atoms with Gasteiger partial charge in [0.25, 0.3) is 0 Å². The normalized spacial score (nSPS) is 10.6. The monoisotopic (exact) mass is 352 g/mol. The summed E-state index contributed by atoms with van der Waals surface area (Å²) in [6, 6.07) is 5.96. The van der Waals surface area contributed by atoms with Crippen LogP contribution in [0.5, 0.6) is 0 Å². The Balaban J connectivity index is 2.51. The third-order valence-electron chi connectivity index (χ3n) is 2.10. The molecule has 0 amide bonds. The molecule has 0 spiro atoms. The molecule has 0 aliphatic heterocycles. The highest BCUT2D eigenvalue weighted by Crippen LogP contribution is 2.33. The molecule has 0 N–H and O–H groups in total. The number of thiophene rings is 1. The number of benzene rings is 1. The van der Waals surface area contributed by atoms with Crippen LogP contribution in [0.2, 0.25) is 8.67 Å². The first-order valence-electron chi connectivity index (χ1n) is 4.44. The Hall–Kier alpha value is -0.420. The minimum absolute atomic E-state index is 0.0317. The van der Waals surface area contributed by atoms with Crippen LogP contribution >= 0.6 is 50.5 Å². The fraction of sp³-hybridized carbons (Fsp3) is 0. The van der Waals surface area contributed by atoms with E-state index in [1.54, 1.807) is 6.07 Å². The molecule has 17 heavy (non-hydrogen) atoms. The fourth-order valence-corrected chi connectivity index (χ4v) is 3.14. The second kappa shape index (κ2) is 5.06. The van der Waals surface area contributed by atoms with Crippen molar-refractivity contribution < 1.29 is 9.18 Å². The molecule has 0 bridgehead atoms. The Bertz CT molecular complexity index is 597. The molecule has 0 saturated heterocycles. The zero-order chi connectivity index (χ0) is 12.6. The lowest BCUT2D eigenvalue weighted by Crippen LogP contribution is -2.03. The standard InChI is InChI=1S/C11H4BrCl2FOS/c12-7-3-1-2-5(9(7)15)10(16)6-4-8(13)17-11(6)14/h1-4H. The van der Waals surface area contributed by atoms with Crippen molar-refractivity contribution in [1.29, 1.82) is 0 Å². The summed E-state index contributed by atoms with van der Waals surface area (Å²) in [4.78, 5) is 12.1. The van der Waals surface area contributed by atoms with Crippen LogP contribution in [0.4, 0.5) is 4.39 Å². The molecule has 1 aromatic heterocycles. The maximum Gasteiger partial charge on any atom is 0.198 e. The van der Waals surface area contributed by atoms with E-state index in [0.29, 0.717) is 4.34 Å². The van der Waals surface area contributed by atoms with Gasteiger partial charge < -0.3 is 0 Å². The second-order valence-electron chi connectivity index (χ2n) is 3.17. The van der Waals surface area contributed by atoms with Gasteiger partial charge >= 0.3 is 0 Å². The van der Waals surface area contributed by atoms with Crippen LogP contribution in [0.3, 0.4) is 0 Å². The molecule has 0 saturated carbocycles. The Morgan fingerprint density at radius 3 is 2.59 bits per heavy atom. The quantitative estimate of drug-likeness (QED) is 0.679. The third-order valence-corrected chi connectivity index (χ3v) is 4.20. The first kappa shape index (κ1) is 13.0. The molecular formula is C11H4BrCl2FOS. The zero-order valence-corrected chi connectivity index (χ0v) is 12.1. The molecule has 2 rings (SSSR count). The van der Waals surface area contributed by atoms with E-state index in [0.717, 1.165) is 11.3 Å². The maximum atomic E-state index is 13.7. The lowest BCUT2D eigenvalue weighted by atomic mass is 10.1. The maximum absolute atomic E-state index is 13.7. The van der Waals surface area contributed by atoms with Crippen molar-refractivity contribution in [3.8, 4) is 0 Å². The highest BCUT2D eigenvalue weighted by Gasteiger charge is 2.20. The molecule has 6 heteroatoms. The van der Waals surface area contributed by atoms with Gasteiger partial charge in [0.2, 0.25) is 0 Å². The summed E-state index contributed by atoms with van der Waals surface area (Å²) in [5.74, 6) is -1.08. The summed E-state index contributed by atoms with van der Waals surface area (Å²) >= 11 is 15.7. The van der Waals surface area contributed by atoms with Crippen LogP contribution in [0.15, 0.2) is 28.7 Å². The van der Waals surface area contributed by atoms with Crippen molar-refractivity contribution in [1.82, 2.24) is 0 Å². The van der Waals surface area contributed by atoms with Crippen molar-refractivity contribution in [2.75, 3.05) is 0 Å². The predicted octanol–water partition coefficient (Wildman–Crippen LogP) is 5.19. The zero-order valence-electron chi connectivity index (χ0n) is 8.14. The van der Waals surface area contributed by atoms with E-state index in [4.69, 9.17) is 23.2 Å². The molecule has 0 aliphatic carbocycles. The van der Waals surface area contributed by atoms with Crippen molar-refractivity contribution in [2.45, 2.75) is 0 Å². The summed E-state index contributed by atoms with van der Waals surface area (Å²) in [6.07, 6.45) is 0. The lowest BCUT2D eigenvalue weighted by Gasteiger charge is -2.02. The summed E-state index contributed by atoms with van der Waals surface area (Å²) in [6.45, 7) is 0. The highest BCUT2D eigenvalue weighted by molar-refractivity contribution is 9.10. The van der Waals surface area contributed by atoms with E-state index >= 15 is 0 Å². The van der Waals surface area contributed by atoms with E-state index in [1.807, 2.05) is 0 Å². The summed E-state index contributed by atoms with van der Waals surface area (Å²) in [5, 5.41) is 0. The topological polar surface area (TPSA) is 17.1 Å². The number of halogens is 4. The first-order chi connectivity index (χ1) is 8.00. The van der Waals surface area contributed by atoms with Crippen molar-refractivity contribution in [3.05, 3.63) is 54.4 Å². The Morgan fingerprint density at radius 1 is 1.29 bits per heavy atom. The van der Waals surface area contributed by atoms with E-state index in [1.165, 1.54) is 18.2 Å². The Morgan fingerprint density at radius 2 is 2.00 bits per heavy atom.